The van der Waals surface area contributed by atoms with Gasteiger partial charge in [0, 0.05) is 11.3 Å². The maximum Gasteiger partial charge on any atom is 0.262 e. The first-order valence-corrected chi connectivity index (χ1v) is 12.2. The lowest BCUT2D eigenvalue weighted by Crippen LogP contribution is -2.28. The number of sulfonamides is 1. The van der Waals surface area contributed by atoms with Crippen molar-refractivity contribution in [2.75, 3.05) is 17.9 Å². The number of hydrogen-bond donors (Lipinski definition) is 2. The largest absolute Gasteiger partial charge is 0.491 e. The van der Waals surface area contributed by atoms with E-state index in [9.17, 15) is 13.2 Å². The minimum absolute atomic E-state index is 0.0703. The van der Waals surface area contributed by atoms with Crippen molar-refractivity contribution in [1.82, 2.24) is 5.32 Å². The molecule has 0 aliphatic rings. The van der Waals surface area contributed by atoms with Gasteiger partial charge in [-0.25, -0.2) is 8.42 Å². The number of rotatable bonds is 8. The van der Waals surface area contributed by atoms with Crippen LogP contribution in [0.25, 0.3) is 0 Å². The molecular formula is C26H30N2O4S. The number of carbonyl (C=O) groups is 1. The lowest BCUT2D eigenvalue weighted by molar-refractivity contribution is 0.0946. The molecule has 0 fully saturated rings. The molecule has 0 spiro atoms. The monoisotopic (exact) mass is 466 g/mol. The van der Waals surface area contributed by atoms with Crippen molar-refractivity contribution in [3.8, 4) is 5.75 Å². The number of anilines is 1. The van der Waals surface area contributed by atoms with Crippen LogP contribution in [-0.4, -0.2) is 27.5 Å². The van der Waals surface area contributed by atoms with Gasteiger partial charge in [0.15, 0.2) is 0 Å². The molecule has 7 heteroatoms. The Hall–Kier alpha value is -3.32. The zero-order chi connectivity index (χ0) is 24.2. The molecule has 1 amide bonds. The van der Waals surface area contributed by atoms with Crippen LogP contribution in [0.3, 0.4) is 0 Å². The third kappa shape index (κ3) is 6.35. The van der Waals surface area contributed by atoms with Gasteiger partial charge in [0.05, 0.1) is 11.4 Å². The summed E-state index contributed by atoms with van der Waals surface area (Å²) in [5.74, 6) is 0.424. The first-order chi connectivity index (χ1) is 15.5. The average molecular weight is 467 g/mol. The number of ether oxygens (including phenoxy) is 1. The van der Waals surface area contributed by atoms with Gasteiger partial charge in [-0.3, -0.25) is 9.52 Å². The first kappa shape index (κ1) is 24.3. The molecule has 0 unspecified atom stereocenters. The van der Waals surface area contributed by atoms with Crippen LogP contribution in [0.1, 0.15) is 38.2 Å². The van der Waals surface area contributed by atoms with Crippen molar-refractivity contribution in [2.24, 2.45) is 0 Å². The van der Waals surface area contributed by atoms with Crippen molar-refractivity contribution in [3.05, 3.63) is 88.0 Å². The first-order valence-electron chi connectivity index (χ1n) is 10.8. The van der Waals surface area contributed by atoms with E-state index in [1.807, 2.05) is 52.0 Å². The Morgan fingerprint density at radius 2 is 1.48 bits per heavy atom. The van der Waals surface area contributed by atoms with E-state index in [-0.39, 0.29) is 16.4 Å². The number of aryl methyl sites for hydroxylation is 5. The second kappa shape index (κ2) is 10.1. The highest BCUT2D eigenvalue weighted by Gasteiger charge is 2.19. The van der Waals surface area contributed by atoms with E-state index in [2.05, 4.69) is 10.0 Å². The summed E-state index contributed by atoms with van der Waals surface area (Å²) < 4.78 is 34.5. The predicted octanol–water partition coefficient (Wildman–Crippen LogP) is 4.84. The van der Waals surface area contributed by atoms with E-state index >= 15 is 0 Å². The highest BCUT2D eigenvalue weighted by molar-refractivity contribution is 7.92. The smallest absolute Gasteiger partial charge is 0.262 e. The lowest BCUT2D eigenvalue weighted by Gasteiger charge is -2.14. The fraction of sp³-hybridized carbons (Fsp3) is 0.269. The summed E-state index contributed by atoms with van der Waals surface area (Å²) in [6.45, 7) is 10.1. The molecule has 174 valence electrons. The van der Waals surface area contributed by atoms with E-state index in [1.165, 1.54) is 6.07 Å². The molecule has 0 bridgehead atoms. The summed E-state index contributed by atoms with van der Waals surface area (Å²) in [4.78, 5) is 12.7. The van der Waals surface area contributed by atoms with Crippen LogP contribution in [-0.2, 0) is 10.0 Å². The van der Waals surface area contributed by atoms with Gasteiger partial charge < -0.3 is 10.1 Å². The second-order valence-electron chi connectivity index (χ2n) is 8.34. The minimum atomic E-state index is -3.86. The molecule has 0 radical (unpaired) electrons. The fourth-order valence-corrected chi connectivity index (χ4v) is 4.88. The third-order valence-electron chi connectivity index (χ3n) is 5.20. The molecular weight excluding hydrogens is 436 g/mol. The molecule has 0 saturated carbocycles. The van der Waals surface area contributed by atoms with E-state index in [0.29, 0.717) is 24.4 Å². The Morgan fingerprint density at radius 3 is 2.18 bits per heavy atom. The standard InChI is InChI=1S/C26H30N2O4S/c1-17-6-7-20(4)24(15-17)32-11-10-27-26(29)22-9-8-21(5)25(16-22)33(30,31)28-23-13-18(2)12-19(3)14-23/h6-9,12-16,28H,10-11H2,1-5H3,(H,27,29). The molecule has 0 aliphatic heterocycles. The topological polar surface area (TPSA) is 84.5 Å². The Morgan fingerprint density at radius 1 is 0.818 bits per heavy atom. The van der Waals surface area contributed by atoms with Crippen molar-refractivity contribution >= 4 is 21.6 Å². The number of carbonyl (C=O) groups excluding carboxylic acids is 1. The number of benzene rings is 3. The van der Waals surface area contributed by atoms with Crippen molar-refractivity contribution in [3.63, 3.8) is 0 Å². The van der Waals surface area contributed by atoms with Crippen LogP contribution in [0, 0.1) is 34.6 Å². The molecule has 3 rings (SSSR count). The summed E-state index contributed by atoms with van der Waals surface area (Å²) in [5.41, 5.74) is 5.36. The van der Waals surface area contributed by atoms with E-state index in [1.54, 1.807) is 31.2 Å². The maximum absolute atomic E-state index is 13.0. The second-order valence-corrected chi connectivity index (χ2v) is 9.99. The van der Waals surface area contributed by atoms with Crippen molar-refractivity contribution in [1.29, 1.82) is 0 Å². The molecule has 0 aliphatic carbocycles. The Labute approximate surface area is 196 Å². The van der Waals surface area contributed by atoms with Gasteiger partial charge in [-0.1, -0.05) is 24.3 Å². The number of amides is 1. The van der Waals surface area contributed by atoms with Gasteiger partial charge in [0.1, 0.15) is 12.4 Å². The fourth-order valence-electron chi connectivity index (χ4n) is 3.57. The summed E-state index contributed by atoms with van der Waals surface area (Å²) >= 11 is 0. The van der Waals surface area contributed by atoms with E-state index in [0.717, 1.165) is 28.0 Å². The third-order valence-corrected chi connectivity index (χ3v) is 6.73. The van der Waals surface area contributed by atoms with Crippen LogP contribution in [0.2, 0.25) is 0 Å². The van der Waals surface area contributed by atoms with Crippen molar-refractivity contribution < 1.29 is 17.9 Å². The van der Waals surface area contributed by atoms with Gasteiger partial charge in [0.25, 0.3) is 15.9 Å². The normalized spacial score (nSPS) is 11.2. The highest BCUT2D eigenvalue weighted by Crippen LogP contribution is 2.23. The Balaban J connectivity index is 1.68. The molecule has 0 atom stereocenters. The van der Waals surface area contributed by atoms with Crippen LogP contribution in [0.4, 0.5) is 5.69 Å². The molecule has 0 saturated heterocycles. The van der Waals surface area contributed by atoms with E-state index < -0.39 is 10.0 Å². The summed E-state index contributed by atoms with van der Waals surface area (Å²) in [7, 11) is -3.86. The molecule has 3 aromatic rings. The SMILES string of the molecule is Cc1cc(C)cc(NS(=O)(=O)c2cc(C(=O)NCCOc3cc(C)ccc3C)ccc2C)c1. The predicted molar refractivity (Wildman–Crippen MR) is 132 cm³/mol. The maximum atomic E-state index is 13.0. The molecule has 33 heavy (non-hydrogen) atoms. The number of nitrogens with one attached hydrogen (secondary N) is 2. The van der Waals surface area contributed by atoms with Crippen LogP contribution < -0.4 is 14.8 Å². The van der Waals surface area contributed by atoms with Gasteiger partial charge in [0.2, 0.25) is 0 Å². The van der Waals surface area contributed by atoms with Gasteiger partial charge in [-0.2, -0.15) is 0 Å². The van der Waals surface area contributed by atoms with E-state index in [4.69, 9.17) is 4.74 Å². The van der Waals surface area contributed by atoms with Crippen LogP contribution in [0.5, 0.6) is 5.75 Å². The summed E-state index contributed by atoms with van der Waals surface area (Å²) in [5, 5.41) is 2.79. The van der Waals surface area contributed by atoms with Crippen molar-refractivity contribution in [2.45, 2.75) is 39.5 Å². The molecule has 0 aromatic heterocycles. The quantitative estimate of drug-likeness (QED) is 0.465. The lowest BCUT2D eigenvalue weighted by atomic mass is 10.1. The molecule has 6 nitrogen and oxygen atoms in total. The Kier molecular flexibility index (Phi) is 7.43. The summed E-state index contributed by atoms with van der Waals surface area (Å²) in [6.07, 6.45) is 0. The van der Waals surface area contributed by atoms with Gasteiger partial charge >= 0.3 is 0 Å². The minimum Gasteiger partial charge on any atom is -0.491 e. The van der Waals surface area contributed by atoms with Crippen LogP contribution >= 0.6 is 0 Å². The molecule has 0 heterocycles. The molecule has 2 N–H and O–H groups in total. The van der Waals surface area contributed by atoms with Gasteiger partial charge in [-0.05, 0) is 92.8 Å². The zero-order valence-electron chi connectivity index (χ0n) is 19.7. The molecule has 3 aromatic carbocycles. The number of hydrogen-bond acceptors (Lipinski definition) is 4. The summed E-state index contributed by atoms with van der Waals surface area (Å²) in [6, 6.07) is 16.1. The van der Waals surface area contributed by atoms with Gasteiger partial charge in [-0.15, -0.1) is 0 Å². The van der Waals surface area contributed by atoms with Crippen LogP contribution in [0.15, 0.2) is 59.5 Å². The highest BCUT2D eigenvalue weighted by atomic mass is 32.2. The average Bonchev–Trinajstić information content (AvgIpc) is 2.72. The zero-order valence-corrected chi connectivity index (χ0v) is 20.5. The Bertz CT molecular complexity index is 1260.